The van der Waals surface area contributed by atoms with Crippen molar-refractivity contribution in [3.8, 4) is 0 Å². The van der Waals surface area contributed by atoms with Gasteiger partial charge in [0.1, 0.15) is 17.2 Å². The van der Waals surface area contributed by atoms with E-state index in [1.54, 1.807) is 20.8 Å². The Bertz CT molecular complexity index is 507. The Hall–Kier alpha value is -1.83. The molecule has 0 saturated carbocycles. The molecule has 0 aromatic rings. The average Bonchev–Trinajstić information content (AvgIpc) is 2.43. The van der Waals surface area contributed by atoms with Gasteiger partial charge in [-0.05, 0) is 27.2 Å². The molecule has 2 heterocycles. The molecule has 2 amide bonds. The molecule has 2 rings (SSSR count). The first-order valence-electron chi connectivity index (χ1n) is 8.16. The highest BCUT2D eigenvalue weighted by Crippen LogP contribution is 2.26. The second-order valence-corrected chi connectivity index (χ2v) is 7.15. The predicted octanol–water partition coefficient (Wildman–Crippen LogP) is 0.834. The van der Waals surface area contributed by atoms with Crippen LogP contribution in [0.4, 0.5) is 4.79 Å². The van der Waals surface area contributed by atoms with Crippen molar-refractivity contribution in [2.45, 2.75) is 57.2 Å². The van der Waals surface area contributed by atoms with Crippen LogP contribution in [0.3, 0.4) is 0 Å². The number of nitrogens with zero attached hydrogens (tertiary/aromatic N) is 1. The summed E-state index contributed by atoms with van der Waals surface area (Å²) in [7, 11) is 1.29. The first-order valence-corrected chi connectivity index (χ1v) is 8.16. The molecule has 2 saturated heterocycles. The molecule has 24 heavy (non-hydrogen) atoms. The largest absolute Gasteiger partial charge is 0.467 e. The van der Waals surface area contributed by atoms with Gasteiger partial charge in [0.25, 0.3) is 0 Å². The lowest BCUT2D eigenvalue weighted by Gasteiger charge is -2.42. The minimum Gasteiger partial charge on any atom is -0.467 e. The molecule has 1 N–H and O–H groups in total. The van der Waals surface area contributed by atoms with Gasteiger partial charge in [-0.3, -0.25) is 9.69 Å². The normalized spacial score (nSPS) is 23.0. The summed E-state index contributed by atoms with van der Waals surface area (Å²) in [5.74, 6) is -0.846. The van der Waals surface area contributed by atoms with Crippen molar-refractivity contribution < 1.29 is 28.6 Å². The van der Waals surface area contributed by atoms with E-state index in [2.05, 4.69) is 5.32 Å². The van der Waals surface area contributed by atoms with Crippen LogP contribution < -0.4 is 5.32 Å². The summed E-state index contributed by atoms with van der Waals surface area (Å²) in [6.07, 6.45) is 0.724. The molecule has 0 bridgehead atoms. The molecule has 0 aromatic carbocycles. The Morgan fingerprint density at radius 1 is 1.21 bits per heavy atom. The quantitative estimate of drug-likeness (QED) is 0.764. The molecule has 0 aliphatic carbocycles. The fourth-order valence-electron chi connectivity index (χ4n) is 2.81. The van der Waals surface area contributed by atoms with Crippen LogP contribution >= 0.6 is 0 Å². The van der Waals surface area contributed by atoms with Gasteiger partial charge in [0.05, 0.1) is 7.11 Å². The minimum atomic E-state index is -1.08. The van der Waals surface area contributed by atoms with Crippen LogP contribution in [-0.2, 0) is 23.8 Å². The summed E-state index contributed by atoms with van der Waals surface area (Å²) in [6, 6.07) is -0.621. The molecule has 2 fully saturated rings. The van der Waals surface area contributed by atoms with Gasteiger partial charge in [-0.15, -0.1) is 0 Å². The molecule has 2 aliphatic rings. The van der Waals surface area contributed by atoms with Crippen molar-refractivity contribution in [1.82, 2.24) is 10.2 Å². The van der Waals surface area contributed by atoms with Crippen molar-refractivity contribution in [1.29, 1.82) is 0 Å². The summed E-state index contributed by atoms with van der Waals surface area (Å²) in [5.41, 5.74) is -1.71. The molecular formula is C16H26N2O6. The van der Waals surface area contributed by atoms with E-state index in [4.69, 9.17) is 14.2 Å². The van der Waals surface area contributed by atoms with Crippen molar-refractivity contribution in [3.63, 3.8) is 0 Å². The Kier molecular flexibility index (Phi) is 5.37. The molecule has 2 aliphatic heterocycles. The van der Waals surface area contributed by atoms with E-state index < -0.39 is 29.2 Å². The molecule has 0 spiro atoms. The van der Waals surface area contributed by atoms with Gasteiger partial charge >= 0.3 is 12.1 Å². The molecular weight excluding hydrogens is 316 g/mol. The van der Waals surface area contributed by atoms with Gasteiger partial charge in [-0.2, -0.15) is 0 Å². The Morgan fingerprint density at radius 3 is 2.29 bits per heavy atom. The van der Waals surface area contributed by atoms with Crippen LogP contribution in [-0.4, -0.2) is 66.9 Å². The fourth-order valence-corrected chi connectivity index (χ4v) is 2.81. The second-order valence-electron chi connectivity index (χ2n) is 7.15. The smallest absolute Gasteiger partial charge is 0.410 e. The van der Waals surface area contributed by atoms with Crippen LogP contribution in [0.1, 0.15) is 40.0 Å². The van der Waals surface area contributed by atoms with Gasteiger partial charge in [0.2, 0.25) is 5.91 Å². The van der Waals surface area contributed by atoms with Crippen molar-refractivity contribution in [3.05, 3.63) is 0 Å². The zero-order valence-electron chi connectivity index (χ0n) is 14.7. The lowest BCUT2D eigenvalue weighted by molar-refractivity contribution is -0.156. The number of hydrogen-bond acceptors (Lipinski definition) is 6. The monoisotopic (exact) mass is 342 g/mol. The number of nitrogens with one attached hydrogen (secondary N) is 1. The average molecular weight is 342 g/mol. The number of carbonyl (C=O) groups is 3. The molecule has 8 nitrogen and oxygen atoms in total. The van der Waals surface area contributed by atoms with Gasteiger partial charge in [0, 0.05) is 32.6 Å². The van der Waals surface area contributed by atoms with Crippen LogP contribution in [0.25, 0.3) is 0 Å². The third kappa shape index (κ3) is 3.98. The first kappa shape index (κ1) is 18.5. The van der Waals surface area contributed by atoms with Crippen LogP contribution in [0.5, 0.6) is 0 Å². The summed E-state index contributed by atoms with van der Waals surface area (Å²) in [6.45, 7) is 6.52. The minimum absolute atomic E-state index is 0.352. The molecule has 8 heteroatoms. The van der Waals surface area contributed by atoms with Crippen molar-refractivity contribution in [2.75, 3.05) is 26.9 Å². The van der Waals surface area contributed by atoms with E-state index in [0.29, 0.717) is 39.0 Å². The van der Waals surface area contributed by atoms with E-state index in [1.807, 2.05) is 0 Å². The van der Waals surface area contributed by atoms with Gasteiger partial charge in [-0.1, -0.05) is 0 Å². The van der Waals surface area contributed by atoms with E-state index in [0.717, 1.165) is 0 Å². The molecule has 0 unspecified atom stereocenters. The van der Waals surface area contributed by atoms with Gasteiger partial charge in [0.15, 0.2) is 0 Å². The third-order valence-electron chi connectivity index (χ3n) is 4.24. The van der Waals surface area contributed by atoms with Crippen LogP contribution in [0.2, 0.25) is 0 Å². The van der Waals surface area contributed by atoms with Crippen molar-refractivity contribution >= 4 is 18.0 Å². The summed E-state index contributed by atoms with van der Waals surface area (Å²) >= 11 is 0. The number of likely N-dealkylation sites (tertiary alicyclic amines) is 1. The zero-order chi connectivity index (χ0) is 18.0. The molecule has 136 valence electrons. The fraction of sp³-hybridized carbons (Fsp3) is 0.812. The number of esters is 1. The molecule has 1 atom stereocenters. The molecule has 0 radical (unpaired) electrons. The number of carbonyl (C=O) groups excluding carboxylic acids is 3. The van der Waals surface area contributed by atoms with E-state index in [-0.39, 0.29) is 5.91 Å². The van der Waals surface area contributed by atoms with Crippen LogP contribution in [0, 0.1) is 0 Å². The maximum absolute atomic E-state index is 12.6. The van der Waals surface area contributed by atoms with Gasteiger partial charge < -0.3 is 19.5 Å². The lowest BCUT2D eigenvalue weighted by Crippen LogP contribution is -2.65. The Balaban J connectivity index is 2.02. The highest BCUT2D eigenvalue weighted by molar-refractivity contribution is 5.92. The zero-order valence-corrected chi connectivity index (χ0v) is 14.7. The highest BCUT2D eigenvalue weighted by Gasteiger charge is 2.47. The maximum Gasteiger partial charge on any atom is 0.410 e. The van der Waals surface area contributed by atoms with Crippen LogP contribution in [0.15, 0.2) is 0 Å². The number of amides is 2. The summed E-state index contributed by atoms with van der Waals surface area (Å²) in [4.78, 5) is 38.3. The third-order valence-corrected chi connectivity index (χ3v) is 4.24. The number of hydrogen-bond donors (Lipinski definition) is 1. The van der Waals surface area contributed by atoms with E-state index in [9.17, 15) is 14.4 Å². The first-order chi connectivity index (χ1) is 11.2. The number of methoxy groups -OCH3 is 1. The second kappa shape index (κ2) is 6.96. The summed E-state index contributed by atoms with van der Waals surface area (Å²) < 4.78 is 15.4. The maximum atomic E-state index is 12.6. The lowest BCUT2D eigenvalue weighted by atomic mass is 9.89. The number of ether oxygens (including phenoxy) is 3. The van der Waals surface area contributed by atoms with E-state index in [1.165, 1.54) is 12.0 Å². The van der Waals surface area contributed by atoms with Crippen molar-refractivity contribution in [2.24, 2.45) is 0 Å². The standard InChI is InChI=1S/C16H26N2O6/c1-15(2,3)24-14(21)18-8-5-11(18)12(19)17-16(13(20)22-4)6-9-23-10-7-16/h11H,5-10H2,1-4H3,(H,17,19)/t11-/m1/s1. The topological polar surface area (TPSA) is 94.2 Å². The highest BCUT2D eigenvalue weighted by atomic mass is 16.6. The van der Waals surface area contributed by atoms with Gasteiger partial charge in [-0.25, -0.2) is 9.59 Å². The predicted molar refractivity (Wildman–Crippen MR) is 84.3 cm³/mol. The molecule has 0 aromatic heterocycles. The van der Waals surface area contributed by atoms with E-state index >= 15 is 0 Å². The Morgan fingerprint density at radius 2 is 1.83 bits per heavy atom. The Labute approximate surface area is 141 Å². The SMILES string of the molecule is COC(=O)C1(NC(=O)[C@H]2CCN2C(=O)OC(C)(C)C)CCOCC1. The number of rotatable bonds is 3. The summed E-state index contributed by atoms with van der Waals surface area (Å²) in [5, 5.41) is 2.79.